The number of halogens is 1. The third-order valence-corrected chi connectivity index (χ3v) is 1.61. The van der Waals surface area contributed by atoms with Crippen LogP contribution >= 0.6 is 11.6 Å². The van der Waals surface area contributed by atoms with Crippen molar-refractivity contribution in [3.63, 3.8) is 0 Å². The first-order valence-corrected chi connectivity index (χ1v) is 4.30. The van der Waals surface area contributed by atoms with E-state index in [4.69, 9.17) is 11.6 Å². The van der Waals surface area contributed by atoms with Crippen LogP contribution in [0.25, 0.3) is 0 Å². The minimum absolute atomic E-state index is 0.412. The Labute approximate surface area is 86.3 Å². The minimum Gasteiger partial charge on any atom is -0.308 e. The van der Waals surface area contributed by atoms with Gasteiger partial charge < -0.3 is 5.32 Å². The van der Waals surface area contributed by atoms with Crippen molar-refractivity contribution in [2.45, 2.75) is 6.92 Å². The Balaban J connectivity index is 2.60. The Morgan fingerprint density at radius 3 is 2.64 bits per heavy atom. The third-order valence-electron chi connectivity index (χ3n) is 1.37. The molecule has 14 heavy (non-hydrogen) atoms. The number of hydrogen-bond acceptors (Lipinski definition) is 2. The normalized spacial score (nSPS) is 9.29. The fourth-order valence-corrected chi connectivity index (χ4v) is 1.08. The Morgan fingerprint density at radius 1 is 1.36 bits per heavy atom. The largest absolute Gasteiger partial charge is 0.325 e. The summed E-state index contributed by atoms with van der Waals surface area (Å²) < 4.78 is 0. The highest BCUT2D eigenvalue weighted by Gasteiger charge is 2.02. The molecule has 0 fully saturated rings. The highest BCUT2D eigenvalue weighted by molar-refractivity contribution is 6.30. The number of carbonyl (C=O) groups excluding carboxylic acids is 2. The molecule has 0 heterocycles. The molecule has 0 aromatic heterocycles. The third kappa shape index (κ3) is 3.45. The molecule has 1 rings (SSSR count). The Hall–Kier alpha value is -1.55. The smallest absolute Gasteiger partial charge is 0.308 e. The first kappa shape index (κ1) is 10.5. The Bertz CT molecular complexity index is 366. The molecule has 0 saturated carbocycles. The predicted octanol–water partition coefficient (Wildman–Crippen LogP) is 2.01. The van der Waals surface area contributed by atoms with Crippen molar-refractivity contribution >= 4 is 29.2 Å². The summed E-state index contributed by atoms with van der Waals surface area (Å²) in [6, 6.07) is 6.08. The highest BCUT2D eigenvalue weighted by Crippen LogP contribution is 2.14. The van der Waals surface area contributed by atoms with Crippen molar-refractivity contribution in [2.75, 3.05) is 5.32 Å². The van der Waals surface area contributed by atoms with Gasteiger partial charge in [0.2, 0.25) is 5.91 Å². The van der Waals surface area contributed by atoms with E-state index >= 15 is 0 Å². The quantitative estimate of drug-likeness (QED) is 0.748. The van der Waals surface area contributed by atoms with E-state index in [0.717, 1.165) is 0 Å². The molecule has 5 heteroatoms. The standard InChI is InChI=1S/C9H9ClN2O2/c1-6(13)11-9(14)12-8-4-2-3-7(10)5-8/h2-5H,1H3,(H2,11,12,13,14). The van der Waals surface area contributed by atoms with Gasteiger partial charge in [0, 0.05) is 17.6 Å². The van der Waals surface area contributed by atoms with Gasteiger partial charge in [-0.3, -0.25) is 10.1 Å². The van der Waals surface area contributed by atoms with E-state index in [1.165, 1.54) is 6.92 Å². The summed E-state index contributed by atoms with van der Waals surface area (Å²) in [7, 11) is 0. The first-order valence-electron chi connectivity index (χ1n) is 3.92. The van der Waals surface area contributed by atoms with Crippen LogP contribution in [0.2, 0.25) is 5.02 Å². The molecule has 1 aromatic rings. The van der Waals surface area contributed by atoms with Crippen LogP contribution in [0.3, 0.4) is 0 Å². The number of rotatable bonds is 1. The molecule has 0 radical (unpaired) electrons. The molecule has 3 amide bonds. The van der Waals surface area contributed by atoms with Crippen LogP contribution in [0.4, 0.5) is 10.5 Å². The zero-order valence-electron chi connectivity index (χ0n) is 7.50. The molecular weight excluding hydrogens is 204 g/mol. The van der Waals surface area contributed by atoms with Crippen LogP contribution in [0.15, 0.2) is 24.3 Å². The van der Waals surface area contributed by atoms with Gasteiger partial charge >= 0.3 is 6.03 Å². The lowest BCUT2D eigenvalue weighted by Crippen LogP contribution is -2.32. The van der Waals surface area contributed by atoms with Crippen LogP contribution < -0.4 is 10.6 Å². The van der Waals surface area contributed by atoms with Crippen molar-refractivity contribution in [3.8, 4) is 0 Å². The average Bonchev–Trinajstić information content (AvgIpc) is 2.01. The van der Waals surface area contributed by atoms with Crippen LogP contribution in [0.5, 0.6) is 0 Å². The fraction of sp³-hybridized carbons (Fsp3) is 0.111. The molecule has 1 aromatic carbocycles. The van der Waals surface area contributed by atoms with Gasteiger partial charge in [-0.2, -0.15) is 0 Å². The minimum atomic E-state index is -0.570. The molecule has 0 aliphatic rings. The number of benzene rings is 1. The van der Waals surface area contributed by atoms with E-state index < -0.39 is 11.9 Å². The van der Waals surface area contributed by atoms with Gasteiger partial charge in [0.15, 0.2) is 0 Å². The van der Waals surface area contributed by atoms with E-state index in [2.05, 4.69) is 10.6 Å². The predicted molar refractivity (Wildman–Crippen MR) is 54.3 cm³/mol. The number of imide groups is 1. The molecule has 0 atom stereocenters. The molecular formula is C9H9ClN2O2. The molecule has 74 valence electrons. The summed E-state index contributed by atoms with van der Waals surface area (Å²) in [5, 5.41) is 5.06. The van der Waals surface area contributed by atoms with Crippen molar-refractivity contribution in [3.05, 3.63) is 29.3 Å². The molecule has 0 unspecified atom stereocenters. The summed E-state index contributed by atoms with van der Waals surface area (Å²) in [6.45, 7) is 1.26. The van der Waals surface area contributed by atoms with E-state index in [0.29, 0.717) is 10.7 Å². The second-order valence-electron chi connectivity index (χ2n) is 2.65. The zero-order valence-corrected chi connectivity index (χ0v) is 8.26. The highest BCUT2D eigenvalue weighted by atomic mass is 35.5. The first-order chi connectivity index (χ1) is 6.58. The summed E-state index contributed by atoms with van der Waals surface area (Å²) in [4.78, 5) is 21.6. The number of amides is 3. The number of urea groups is 1. The van der Waals surface area contributed by atoms with Gasteiger partial charge in [-0.25, -0.2) is 4.79 Å². The maximum atomic E-state index is 11.0. The van der Waals surface area contributed by atoms with Gasteiger partial charge in [-0.05, 0) is 18.2 Å². The summed E-state index contributed by atoms with van der Waals surface area (Å²) >= 11 is 5.70. The van der Waals surface area contributed by atoms with Gasteiger partial charge in [0.05, 0.1) is 0 Å². The molecule has 4 nitrogen and oxygen atoms in total. The topological polar surface area (TPSA) is 58.2 Å². The Morgan fingerprint density at radius 2 is 2.07 bits per heavy atom. The van der Waals surface area contributed by atoms with E-state index in [9.17, 15) is 9.59 Å². The number of anilines is 1. The molecule has 0 aliphatic heterocycles. The molecule has 0 aliphatic carbocycles. The summed E-state index contributed by atoms with van der Waals surface area (Å²) in [5.41, 5.74) is 0.538. The lowest BCUT2D eigenvalue weighted by Gasteiger charge is -2.04. The molecule has 0 spiro atoms. The van der Waals surface area contributed by atoms with Crippen LogP contribution in [0.1, 0.15) is 6.92 Å². The van der Waals surface area contributed by atoms with Crippen LogP contribution in [-0.4, -0.2) is 11.9 Å². The fourth-order valence-electron chi connectivity index (χ4n) is 0.888. The average molecular weight is 213 g/mol. The Kier molecular flexibility index (Phi) is 3.48. The monoisotopic (exact) mass is 212 g/mol. The van der Waals surface area contributed by atoms with E-state index in [-0.39, 0.29) is 0 Å². The van der Waals surface area contributed by atoms with Crippen molar-refractivity contribution < 1.29 is 9.59 Å². The lowest BCUT2D eigenvalue weighted by molar-refractivity contribution is -0.117. The van der Waals surface area contributed by atoms with Crippen molar-refractivity contribution in [2.24, 2.45) is 0 Å². The maximum absolute atomic E-state index is 11.0. The number of carbonyl (C=O) groups is 2. The molecule has 0 saturated heterocycles. The van der Waals surface area contributed by atoms with Gasteiger partial charge in [0.1, 0.15) is 0 Å². The van der Waals surface area contributed by atoms with Crippen molar-refractivity contribution in [1.82, 2.24) is 5.32 Å². The number of hydrogen-bond donors (Lipinski definition) is 2. The van der Waals surface area contributed by atoms with E-state index in [1.54, 1.807) is 24.3 Å². The molecule has 0 bridgehead atoms. The van der Waals surface area contributed by atoms with Gasteiger partial charge in [-0.1, -0.05) is 17.7 Å². The second kappa shape index (κ2) is 4.62. The van der Waals surface area contributed by atoms with Crippen LogP contribution in [0, 0.1) is 0 Å². The van der Waals surface area contributed by atoms with Crippen molar-refractivity contribution in [1.29, 1.82) is 0 Å². The maximum Gasteiger partial charge on any atom is 0.325 e. The van der Waals surface area contributed by atoms with Gasteiger partial charge in [0.25, 0.3) is 0 Å². The van der Waals surface area contributed by atoms with E-state index in [1.807, 2.05) is 0 Å². The zero-order chi connectivity index (χ0) is 10.6. The number of nitrogens with one attached hydrogen (secondary N) is 2. The second-order valence-corrected chi connectivity index (χ2v) is 3.08. The summed E-state index contributed by atoms with van der Waals surface area (Å²) in [5.74, 6) is -0.412. The molecule has 2 N–H and O–H groups in total. The SMILES string of the molecule is CC(=O)NC(=O)Nc1cccc(Cl)c1. The van der Waals surface area contributed by atoms with Gasteiger partial charge in [-0.15, -0.1) is 0 Å². The lowest BCUT2D eigenvalue weighted by atomic mass is 10.3. The van der Waals surface area contributed by atoms with Crippen LogP contribution in [-0.2, 0) is 4.79 Å². The summed E-state index contributed by atoms with van der Waals surface area (Å²) in [6.07, 6.45) is 0.